The first-order chi connectivity index (χ1) is 17.5. The topological polar surface area (TPSA) is 176 Å². The van der Waals surface area contributed by atoms with E-state index in [1.165, 1.54) is 32.1 Å². The van der Waals surface area contributed by atoms with E-state index in [-0.39, 0.29) is 0 Å². The first kappa shape index (κ1) is 36.0. The fraction of sp³-hybridized carbons (Fsp3) is 0.778. The molecule has 1 unspecified atom stereocenters. The number of carboxylic acids is 2. The van der Waals surface area contributed by atoms with Crippen LogP contribution in [0.15, 0.2) is 11.6 Å². The number of rotatable bonds is 20. The molecule has 0 amide bonds. The van der Waals surface area contributed by atoms with E-state index in [2.05, 4.69) is 32.4 Å². The Morgan fingerprint density at radius 2 is 1.34 bits per heavy atom. The van der Waals surface area contributed by atoms with Gasteiger partial charge in [0.05, 0.1) is 6.42 Å². The van der Waals surface area contributed by atoms with Crippen LogP contribution in [0, 0.1) is 17.8 Å². The molecule has 0 aromatic heterocycles. The summed E-state index contributed by atoms with van der Waals surface area (Å²) >= 11 is 0. The Hall–Kier alpha value is -2.03. The zero-order chi connectivity index (χ0) is 29.5. The van der Waals surface area contributed by atoms with Crippen LogP contribution in [0.4, 0.5) is 0 Å². The van der Waals surface area contributed by atoms with Crippen LogP contribution in [0.2, 0.25) is 0 Å². The van der Waals surface area contributed by atoms with Crippen LogP contribution in [0.3, 0.4) is 0 Å². The Kier molecular flexibility index (Phi) is 16.6. The van der Waals surface area contributed by atoms with Gasteiger partial charge in [0.25, 0.3) is 0 Å². The van der Waals surface area contributed by atoms with Gasteiger partial charge in [0.1, 0.15) is 0 Å². The van der Waals surface area contributed by atoms with Crippen molar-refractivity contribution in [2.45, 2.75) is 117 Å². The normalized spacial score (nSPS) is 15.5. The third-order valence-electron chi connectivity index (χ3n) is 6.86. The van der Waals surface area contributed by atoms with Crippen molar-refractivity contribution in [1.82, 2.24) is 0 Å². The Morgan fingerprint density at radius 1 is 0.842 bits per heavy atom. The van der Waals surface area contributed by atoms with Crippen molar-refractivity contribution in [1.29, 1.82) is 0 Å². The molecule has 0 aliphatic rings. The highest BCUT2D eigenvalue weighted by Crippen LogP contribution is 2.55. The van der Waals surface area contributed by atoms with Crippen LogP contribution >= 0.6 is 7.60 Å². The standard InChI is InChI=1S/C27H47O10P/c1-19(2)9-6-10-20(3)11-7-12-21(4)13-8-14-22(5)17-25(31)37-24(30)15-16-27(26(32)33,18-23(28)29)38(34,35)36/h17,19-21H,6-16,18H2,1-5H3,(H,28,29)(H,32,33)(H2,34,35,36)/b22-17+/t20-,21-,27?/m1/s1. The van der Waals surface area contributed by atoms with Crippen molar-refractivity contribution in [3.05, 3.63) is 11.6 Å². The average Bonchev–Trinajstić information content (AvgIpc) is 2.74. The summed E-state index contributed by atoms with van der Waals surface area (Å²) in [7, 11) is -5.46. The van der Waals surface area contributed by atoms with Gasteiger partial charge in [-0.1, -0.05) is 78.2 Å². The van der Waals surface area contributed by atoms with Crippen LogP contribution in [0.1, 0.15) is 112 Å². The third-order valence-corrected chi connectivity index (χ3v) is 8.55. The molecule has 0 saturated carbocycles. The van der Waals surface area contributed by atoms with Gasteiger partial charge >= 0.3 is 31.5 Å². The van der Waals surface area contributed by atoms with Crippen molar-refractivity contribution < 1.29 is 48.5 Å². The maximum atomic E-state index is 12.0. The molecule has 0 heterocycles. The molecule has 0 radical (unpaired) electrons. The summed E-state index contributed by atoms with van der Waals surface area (Å²) in [6.07, 6.45) is 7.87. The number of hydrogen-bond donors (Lipinski definition) is 4. The molecular formula is C27H47O10P. The number of ether oxygens (including phenoxy) is 1. The van der Waals surface area contributed by atoms with E-state index in [1.54, 1.807) is 6.92 Å². The largest absolute Gasteiger partial charge is 0.481 e. The van der Waals surface area contributed by atoms with Gasteiger partial charge in [-0.15, -0.1) is 0 Å². The van der Waals surface area contributed by atoms with E-state index in [0.717, 1.165) is 37.2 Å². The second-order valence-electron chi connectivity index (χ2n) is 11.1. The third kappa shape index (κ3) is 14.8. The van der Waals surface area contributed by atoms with Gasteiger partial charge in [-0.25, -0.2) is 4.79 Å². The molecule has 0 aliphatic heterocycles. The summed E-state index contributed by atoms with van der Waals surface area (Å²) in [5, 5.41) is 15.2. The van der Waals surface area contributed by atoms with Crippen LogP contribution in [0.25, 0.3) is 0 Å². The molecule has 0 aromatic rings. The van der Waals surface area contributed by atoms with Gasteiger partial charge < -0.3 is 24.7 Å². The Bertz CT molecular complexity index is 860. The number of aliphatic carboxylic acids is 2. The number of carboxylic acid groups (broad SMARTS) is 2. The lowest BCUT2D eigenvalue weighted by molar-refractivity contribution is -0.157. The van der Waals surface area contributed by atoms with Gasteiger partial charge in [-0.2, -0.15) is 0 Å². The smallest absolute Gasteiger partial charge is 0.343 e. The molecule has 0 saturated heterocycles. The fourth-order valence-electron chi connectivity index (χ4n) is 4.38. The zero-order valence-corrected chi connectivity index (χ0v) is 24.4. The minimum atomic E-state index is -5.46. The number of carbonyl (C=O) groups is 4. The molecule has 220 valence electrons. The van der Waals surface area contributed by atoms with E-state index in [0.29, 0.717) is 17.9 Å². The fourth-order valence-corrected chi connectivity index (χ4v) is 5.37. The van der Waals surface area contributed by atoms with Gasteiger partial charge in [0.2, 0.25) is 0 Å². The summed E-state index contributed by atoms with van der Waals surface area (Å²) in [4.78, 5) is 65.4. The van der Waals surface area contributed by atoms with Crippen molar-refractivity contribution in [2.75, 3.05) is 0 Å². The van der Waals surface area contributed by atoms with Gasteiger partial charge in [-0.05, 0) is 43.9 Å². The van der Waals surface area contributed by atoms with Gasteiger partial charge in [0, 0.05) is 12.5 Å². The average molecular weight is 563 g/mol. The lowest BCUT2D eigenvalue weighted by Gasteiger charge is -2.28. The van der Waals surface area contributed by atoms with E-state index in [4.69, 9.17) is 5.11 Å². The summed E-state index contributed by atoms with van der Waals surface area (Å²) in [6.45, 7) is 10.8. The SMILES string of the molecule is C/C(=C\C(=O)OC(=O)CCC(CC(=O)O)(C(=O)O)P(=O)(O)O)CCC[C@H](C)CCC[C@H](C)CCCC(C)C. The maximum Gasteiger partial charge on any atom is 0.343 e. The van der Waals surface area contributed by atoms with E-state index >= 15 is 0 Å². The molecule has 0 bridgehead atoms. The number of hydrogen-bond acceptors (Lipinski definition) is 6. The van der Waals surface area contributed by atoms with Crippen LogP contribution in [0.5, 0.6) is 0 Å². The molecule has 0 spiro atoms. The summed E-state index contributed by atoms with van der Waals surface area (Å²) in [5.41, 5.74) is 0.703. The molecule has 3 atom stereocenters. The molecule has 10 nitrogen and oxygen atoms in total. The van der Waals surface area contributed by atoms with Gasteiger partial charge in [-0.3, -0.25) is 18.9 Å². The molecule has 0 rings (SSSR count). The lowest BCUT2D eigenvalue weighted by Crippen LogP contribution is -2.41. The lowest BCUT2D eigenvalue weighted by atomic mass is 9.91. The van der Waals surface area contributed by atoms with Crippen molar-refractivity contribution >= 4 is 31.5 Å². The molecule has 0 fully saturated rings. The zero-order valence-electron chi connectivity index (χ0n) is 23.5. The molecule has 11 heteroatoms. The molecule has 0 aromatic carbocycles. The van der Waals surface area contributed by atoms with E-state index in [1.807, 2.05) is 0 Å². The minimum absolute atomic E-state index is 0.563. The van der Waals surface area contributed by atoms with Crippen molar-refractivity contribution in [2.24, 2.45) is 17.8 Å². The predicted octanol–water partition coefficient (Wildman–Crippen LogP) is 5.70. The molecule has 38 heavy (non-hydrogen) atoms. The van der Waals surface area contributed by atoms with Crippen LogP contribution in [-0.4, -0.2) is 49.0 Å². The van der Waals surface area contributed by atoms with Crippen molar-refractivity contribution in [3.63, 3.8) is 0 Å². The second-order valence-corrected chi connectivity index (χ2v) is 13.0. The predicted molar refractivity (Wildman–Crippen MR) is 143 cm³/mol. The quantitative estimate of drug-likeness (QED) is 0.0623. The summed E-state index contributed by atoms with van der Waals surface area (Å²) in [6, 6.07) is 0. The number of allylic oxidation sites excluding steroid dienone is 1. The van der Waals surface area contributed by atoms with E-state index < -0.39 is 55.9 Å². The number of esters is 2. The summed E-state index contributed by atoms with van der Waals surface area (Å²) < 4.78 is 16.3. The molecule has 0 aliphatic carbocycles. The van der Waals surface area contributed by atoms with Crippen LogP contribution in [-0.2, 0) is 28.5 Å². The van der Waals surface area contributed by atoms with Crippen molar-refractivity contribution in [3.8, 4) is 0 Å². The molecule has 4 N–H and O–H groups in total. The monoisotopic (exact) mass is 562 g/mol. The van der Waals surface area contributed by atoms with Crippen LogP contribution < -0.4 is 0 Å². The molecular weight excluding hydrogens is 515 g/mol. The highest BCUT2D eigenvalue weighted by Gasteiger charge is 2.55. The maximum absolute atomic E-state index is 12.0. The highest BCUT2D eigenvalue weighted by molar-refractivity contribution is 7.54. The Balaban J connectivity index is 4.51. The first-order valence-corrected chi connectivity index (χ1v) is 15.0. The summed E-state index contributed by atoms with van der Waals surface area (Å²) in [5.74, 6) is -3.90. The Morgan fingerprint density at radius 3 is 1.79 bits per heavy atom. The first-order valence-electron chi connectivity index (χ1n) is 13.4. The van der Waals surface area contributed by atoms with E-state index in [9.17, 15) is 38.6 Å². The number of carbonyl (C=O) groups excluding carboxylic acids is 2. The highest BCUT2D eigenvalue weighted by atomic mass is 31.2. The minimum Gasteiger partial charge on any atom is -0.481 e. The van der Waals surface area contributed by atoms with Gasteiger partial charge in [0.15, 0.2) is 5.16 Å². The second kappa shape index (κ2) is 17.5. The Labute approximate surface area is 226 Å².